The van der Waals surface area contributed by atoms with Crippen LogP contribution in [-0.2, 0) is 10.0 Å². The van der Waals surface area contributed by atoms with Crippen molar-refractivity contribution < 1.29 is 13.2 Å². The van der Waals surface area contributed by atoms with Gasteiger partial charge in [-0.25, -0.2) is 8.42 Å². The quantitative estimate of drug-likeness (QED) is 0.645. The van der Waals surface area contributed by atoms with Crippen molar-refractivity contribution in [3.63, 3.8) is 0 Å². The van der Waals surface area contributed by atoms with Gasteiger partial charge in [0, 0.05) is 42.6 Å². The van der Waals surface area contributed by atoms with Gasteiger partial charge < -0.3 is 10.2 Å². The number of nitrogens with zero attached hydrogens (tertiary/aromatic N) is 2. The molecule has 0 saturated carbocycles. The third-order valence-corrected chi connectivity index (χ3v) is 6.67. The van der Waals surface area contributed by atoms with E-state index in [2.05, 4.69) is 15.5 Å². The van der Waals surface area contributed by atoms with Gasteiger partial charge in [0.25, 0.3) is 5.91 Å². The van der Waals surface area contributed by atoms with Gasteiger partial charge in [-0.3, -0.25) is 10.1 Å². The molecule has 0 aliphatic carbocycles. The lowest BCUT2D eigenvalue weighted by atomic mass is 10.2. The average Bonchev–Trinajstić information content (AvgIpc) is 2.69. The first-order valence-electron chi connectivity index (χ1n) is 9.01. The Balaban J connectivity index is 1.56. The van der Waals surface area contributed by atoms with Crippen molar-refractivity contribution in [2.45, 2.75) is 0 Å². The number of hydrogen-bond acceptors (Lipinski definition) is 5. The minimum atomic E-state index is -3.15. The molecule has 0 radical (unpaired) electrons. The molecular formula is C19H20Cl2N4O3S2. The van der Waals surface area contributed by atoms with E-state index in [0.29, 0.717) is 36.9 Å². The van der Waals surface area contributed by atoms with E-state index in [1.807, 2.05) is 24.3 Å². The molecule has 1 aliphatic heterocycles. The molecule has 7 nitrogen and oxygen atoms in total. The maximum atomic E-state index is 12.3. The lowest BCUT2D eigenvalue weighted by molar-refractivity contribution is 0.0978. The van der Waals surface area contributed by atoms with Gasteiger partial charge in [-0.2, -0.15) is 4.31 Å². The zero-order chi connectivity index (χ0) is 21.9. The van der Waals surface area contributed by atoms with Crippen LogP contribution < -0.4 is 15.5 Å². The largest absolute Gasteiger partial charge is 0.369 e. The Bertz CT molecular complexity index is 1050. The van der Waals surface area contributed by atoms with E-state index in [-0.39, 0.29) is 15.7 Å². The Morgan fingerprint density at radius 2 is 1.67 bits per heavy atom. The van der Waals surface area contributed by atoms with Crippen molar-refractivity contribution in [2.24, 2.45) is 0 Å². The lowest BCUT2D eigenvalue weighted by Gasteiger charge is -2.34. The molecule has 0 unspecified atom stereocenters. The zero-order valence-corrected chi connectivity index (χ0v) is 19.2. The van der Waals surface area contributed by atoms with Crippen molar-refractivity contribution >= 4 is 67.8 Å². The summed E-state index contributed by atoms with van der Waals surface area (Å²) in [6.07, 6.45) is 1.23. The van der Waals surface area contributed by atoms with Gasteiger partial charge in [0.15, 0.2) is 5.11 Å². The molecule has 1 amide bonds. The highest BCUT2D eigenvalue weighted by atomic mass is 35.5. The second kappa shape index (κ2) is 9.49. The standard InChI is InChI=1S/C19H20Cl2N4O3S2/c1-30(27,28)25-10-8-24(9-11-25)15-5-3-14(4-6-15)22-19(29)23-18(26)16-12-13(20)2-7-17(16)21/h2-7,12H,8-11H2,1H3,(H2,22,23,26,29). The molecule has 0 bridgehead atoms. The number of benzene rings is 2. The van der Waals surface area contributed by atoms with Crippen molar-refractivity contribution in [2.75, 3.05) is 42.7 Å². The summed E-state index contributed by atoms with van der Waals surface area (Å²) in [6.45, 7) is 2.16. The Hall–Kier alpha value is -1.91. The summed E-state index contributed by atoms with van der Waals surface area (Å²) in [5.41, 5.74) is 1.92. The van der Waals surface area contributed by atoms with Crippen LogP contribution in [0.4, 0.5) is 11.4 Å². The number of piperazine rings is 1. The van der Waals surface area contributed by atoms with Crippen LogP contribution >= 0.6 is 35.4 Å². The fraction of sp³-hybridized carbons (Fsp3) is 0.263. The first kappa shape index (κ1) is 22.8. The van der Waals surface area contributed by atoms with Crippen molar-refractivity contribution in [3.05, 3.63) is 58.1 Å². The molecule has 2 N–H and O–H groups in total. The number of carbonyl (C=O) groups excluding carboxylic acids is 1. The maximum absolute atomic E-state index is 12.3. The summed E-state index contributed by atoms with van der Waals surface area (Å²) >= 11 is 17.2. The van der Waals surface area contributed by atoms with Crippen LogP contribution in [0.2, 0.25) is 10.0 Å². The Labute approximate surface area is 191 Å². The Morgan fingerprint density at radius 3 is 2.27 bits per heavy atom. The number of thiocarbonyl (C=S) groups is 1. The van der Waals surface area contributed by atoms with Crippen molar-refractivity contribution in [1.29, 1.82) is 0 Å². The zero-order valence-electron chi connectivity index (χ0n) is 16.1. The van der Waals surface area contributed by atoms with E-state index >= 15 is 0 Å². The van der Waals surface area contributed by atoms with Crippen LogP contribution in [0.1, 0.15) is 10.4 Å². The summed E-state index contributed by atoms with van der Waals surface area (Å²) in [5.74, 6) is -0.458. The first-order valence-corrected chi connectivity index (χ1v) is 12.0. The number of anilines is 2. The third kappa shape index (κ3) is 5.83. The average molecular weight is 487 g/mol. The smallest absolute Gasteiger partial charge is 0.258 e. The molecule has 1 aliphatic rings. The van der Waals surface area contributed by atoms with E-state index in [4.69, 9.17) is 35.4 Å². The predicted molar refractivity (Wildman–Crippen MR) is 125 cm³/mol. The van der Waals surface area contributed by atoms with Crippen LogP contribution in [0, 0.1) is 0 Å². The summed E-state index contributed by atoms with van der Waals surface area (Å²) < 4.78 is 24.7. The number of amides is 1. The van der Waals surface area contributed by atoms with Gasteiger partial charge in [0.05, 0.1) is 16.8 Å². The number of nitrogens with one attached hydrogen (secondary N) is 2. The van der Waals surface area contributed by atoms with Crippen LogP contribution in [0.15, 0.2) is 42.5 Å². The van der Waals surface area contributed by atoms with Gasteiger partial charge in [-0.15, -0.1) is 0 Å². The minimum Gasteiger partial charge on any atom is -0.369 e. The molecule has 3 rings (SSSR count). The van der Waals surface area contributed by atoms with Gasteiger partial charge in [-0.05, 0) is 54.7 Å². The molecule has 0 aromatic heterocycles. The second-order valence-electron chi connectivity index (χ2n) is 6.73. The highest BCUT2D eigenvalue weighted by Crippen LogP contribution is 2.22. The van der Waals surface area contributed by atoms with Gasteiger partial charge in [0.2, 0.25) is 10.0 Å². The summed E-state index contributed by atoms with van der Waals surface area (Å²) in [5, 5.41) is 6.33. The van der Waals surface area contributed by atoms with Gasteiger partial charge in [0.1, 0.15) is 0 Å². The lowest BCUT2D eigenvalue weighted by Crippen LogP contribution is -2.48. The maximum Gasteiger partial charge on any atom is 0.258 e. The molecule has 0 spiro atoms. The summed E-state index contributed by atoms with van der Waals surface area (Å²) in [6, 6.07) is 12.1. The minimum absolute atomic E-state index is 0.130. The van der Waals surface area contributed by atoms with E-state index in [1.54, 1.807) is 12.1 Å². The molecule has 0 atom stereocenters. The molecule has 1 fully saturated rings. The number of rotatable bonds is 4. The van der Waals surface area contributed by atoms with Gasteiger partial charge in [-0.1, -0.05) is 23.2 Å². The molecule has 2 aromatic carbocycles. The molecule has 11 heteroatoms. The Kier molecular flexibility index (Phi) is 7.20. The van der Waals surface area contributed by atoms with E-state index in [1.165, 1.54) is 16.6 Å². The fourth-order valence-corrected chi connectivity index (χ4v) is 4.45. The van der Waals surface area contributed by atoms with Crippen molar-refractivity contribution in [1.82, 2.24) is 9.62 Å². The van der Waals surface area contributed by atoms with E-state index in [9.17, 15) is 13.2 Å². The normalized spacial score (nSPS) is 15.0. The molecule has 2 aromatic rings. The van der Waals surface area contributed by atoms with Crippen LogP contribution in [0.5, 0.6) is 0 Å². The third-order valence-electron chi connectivity index (χ3n) is 4.60. The van der Waals surface area contributed by atoms with E-state index in [0.717, 1.165) is 5.69 Å². The van der Waals surface area contributed by atoms with Crippen molar-refractivity contribution in [3.8, 4) is 0 Å². The monoisotopic (exact) mass is 486 g/mol. The molecular weight excluding hydrogens is 467 g/mol. The molecule has 30 heavy (non-hydrogen) atoms. The van der Waals surface area contributed by atoms with Crippen LogP contribution in [0.3, 0.4) is 0 Å². The second-order valence-corrected chi connectivity index (χ2v) is 9.96. The predicted octanol–water partition coefficient (Wildman–Crippen LogP) is 3.20. The number of hydrogen-bond donors (Lipinski definition) is 2. The summed E-state index contributed by atoms with van der Waals surface area (Å²) in [4.78, 5) is 14.5. The topological polar surface area (TPSA) is 81.8 Å². The van der Waals surface area contributed by atoms with E-state index < -0.39 is 15.9 Å². The molecule has 1 heterocycles. The highest BCUT2D eigenvalue weighted by Gasteiger charge is 2.23. The number of carbonyl (C=O) groups is 1. The van der Waals surface area contributed by atoms with Crippen LogP contribution in [-0.4, -0.2) is 56.2 Å². The number of sulfonamides is 1. The highest BCUT2D eigenvalue weighted by molar-refractivity contribution is 7.88. The fourth-order valence-electron chi connectivity index (χ4n) is 3.04. The Morgan fingerprint density at radius 1 is 1.03 bits per heavy atom. The molecule has 160 valence electrons. The SMILES string of the molecule is CS(=O)(=O)N1CCN(c2ccc(NC(=S)NC(=O)c3cc(Cl)ccc3Cl)cc2)CC1. The first-order chi connectivity index (χ1) is 14.1. The van der Waals surface area contributed by atoms with Gasteiger partial charge >= 0.3 is 0 Å². The van der Waals surface area contributed by atoms with Crippen LogP contribution in [0.25, 0.3) is 0 Å². The summed E-state index contributed by atoms with van der Waals surface area (Å²) in [7, 11) is -3.15. The molecule has 1 saturated heterocycles. The number of halogens is 2.